The lowest BCUT2D eigenvalue weighted by Crippen LogP contribution is -2.16. The van der Waals surface area contributed by atoms with Crippen LogP contribution in [0.3, 0.4) is 0 Å². The fourth-order valence-corrected chi connectivity index (χ4v) is 2.17. The van der Waals surface area contributed by atoms with E-state index in [1.807, 2.05) is 0 Å². The average molecular weight is 257 g/mol. The van der Waals surface area contributed by atoms with Crippen molar-refractivity contribution in [1.29, 1.82) is 0 Å². The molecule has 5 heteroatoms. The number of halogens is 3. The summed E-state index contributed by atoms with van der Waals surface area (Å²) in [5.74, 6) is 0. The SMILES string of the molecule is C/C(=N\O)C1(Cc2cccc(C(F)(F)F)c2)CC1. The molecule has 0 atom stereocenters. The second-order valence-corrected chi connectivity index (χ2v) is 4.84. The first kappa shape index (κ1) is 12.9. The Morgan fingerprint density at radius 1 is 1.39 bits per heavy atom. The highest BCUT2D eigenvalue weighted by molar-refractivity contribution is 5.90. The van der Waals surface area contributed by atoms with E-state index in [1.54, 1.807) is 13.0 Å². The molecule has 0 spiro atoms. The van der Waals surface area contributed by atoms with Gasteiger partial charge in [-0.1, -0.05) is 23.4 Å². The molecule has 2 nitrogen and oxygen atoms in total. The molecule has 1 fully saturated rings. The third-order valence-corrected chi connectivity index (χ3v) is 3.57. The van der Waals surface area contributed by atoms with Crippen molar-refractivity contribution in [2.45, 2.75) is 32.4 Å². The molecule has 0 heterocycles. The number of hydrogen-bond acceptors (Lipinski definition) is 2. The second kappa shape index (κ2) is 4.30. The van der Waals surface area contributed by atoms with Crippen LogP contribution in [0.5, 0.6) is 0 Å². The van der Waals surface area contributed by atoms with Gasteiger partial charge >= 0.3 is 6.18 Å². The number of nitrogens with zero attached hydrogens (tertiary/aromatic N) is 1. The lowest BCUT2D eigenvalue weighted by atomic mass is 9.91. The summed E-state index contributed by atoms with van der Waals surface area (Å²) in [6.07, 6.45) is -2.10. The molecule has 98 valence electrons. The fraction of sp³-hybridized carbons (Fsp3) is 0.462. The minimum Gasteiger partial charge on any atom is -0.411 e. The van der Waals surface area contributed by atoms with Gasteiger partial charge in [-0.2, -0.15) is 13.2 Å². The molecule has 1 aromatic carbocycles. The van der Waals surface area contributed by atoms with E-state index in [-0.39, 0.29) is 5.41 Å². The lowest BCUT2D eigenvalue weighted by molar-refractivity contribution is -0.137. The zero-order chi connectivity index (χ0) is 13.4. The molecular formula is C13H14F3NO. The Morgan fingerprint density at radius 2 is 2.06 bits per heavy atom. The van der Waals surface area contributed by atoms with Crippen molar-refractivity contribution in [3.05, 3.63) is 35.4 Å². The van der Waals surface area contributed by atoms with Crippen molar-refractivity contribution >= 4 is 5.71 Å². The predicted octanol–water partition coefficient (Wildman–Crippen LogP) is 3.88. The number of alkyl halides is 3. The summed E-state index contributed by atoms with van der Waals surface area (Å²) in [5, 5.41) is 12.0. The van der Waals surface area contributed by atoms with Gasteiger partial charge in [-0.3, -0.25) is 0 Å². The maximum absolute atomic E-state index is 12.6. The van der Waals surface area contributed by atoms with Crippen LogP contribution in [0.25, 0.3) is 0 Å². The summed E-state index contributed by atoms with van der Waals surface area (Å²) in [6, 6.07) is 5.33. The first-order valence-electron chi connectivity index (χ1n) is 5.73. The molecule has 2 rings (SSSR count). The van der Waals surface area contributed by atoms with Gasteiger partial charge in [-0.15, -0.1) is 0 Å². The van der Waals surface area contributed by atoms with Crippen molar-refractivity contribution in [1.82, 2.24) is 0 Å². The molecule has 1 N–H and O–H groups in total. The van der Waals surface area contributed by atoms with Crippen LogP contribution >= 0.6 is 0 Å². The van der Waals surface area contributed by atoms with Gasteiger partial charge in [0.05, 0.1) is 11.3 Å². The molecule has 0 bridgehead atoms. The summed E-state index contributed by atoms with van der Waals surface area (Å²) in [6.45, 7) is 1.71. The van der Waals surface area contributed by atoms with Crippen LogP contribution in [0.4, 0.5) is 13.2 Å². The maximum Gasteiger partial charge on any atom is 0.416 e. The maximum atomic E-state index is 12.6. The minimum absolute atomic E-state index is 0.237. The normalized spacial score (nSPS) is 18.8. The molecule has 1 saturated carbocycles. The van der Waals surface area contributed by atoms with E-state index in [1.165, 1.54) is 12.1 Å². The predicted molar refractivity (Wildman–Crippen MR) is 61.7 cm³/mol. The number of rotatable bonds is 3. The van der Waals surface area contributed by atoms with Gasteiger partial charge < -0.3 is 5.21 Å². The van der Waals surface area contributed by atoms with Crippen molar-refractivity contribution < 1.29 is 18.4 Å². The topological polar surface area (TPSA) is 32.6 Å². The first-order valence-corrected chi connectivity index (χ1v) is 5.73. The Kier molecular flexibility index (Phi) is 3.09. The summed E-state index contributed by atoms with van der Waals surface area (Å²) in [7, 11) is 0. The first-order chi connectivity index (χ1) is 8.37. The molecule has 1 aromatic rings. The largest absolute Gasteiger partial charge is 0.416 e. The van der Waals surface area contributed by atoms with E-state index in [2.05, 4.69) is 5.16 Å². The van der Waals surface area contributed by atoms with Gasteiger partial charge in [0.2, 0.25) is 0 Å². The van der Waals surface area contributed by atoms with Crippen LogP contribution in [0.2, 0.25) is 0 Å². The van der Waals surface area contributed by atoms with E-state index < -0.39 is 11.7 Å². The van der Waals surface area contributed by atoms with E-state index in [0.717, 1.165) is 18.9 Å². The number of oxime groups is 1. The minimum atomic E-state index is -4.31. The Morgan fingerprint density at radius 3 is 2.56 bits per heavy atom. The Bertz CT molecular complexity index is 475. The highest BCUT2D eigenvalue weighted by Crippen LogP contribution is 2.49. The van der Waals surface area contributed by atoms with Crippen molar-refractivity contribution in [3.8, 4) is 0 Å². The van der Waals surface area contributed by atoms with Gasteiger partial charge in [-0.05, 0) is 37.8 Å². The van der Waals surface area contributed by atoms with Gasteiger partial charge in [0.15, 0.2) is 0 Å². The summed E-state index contributed by atoms with van der Waals surface area (Å²) < 4.78 is 37.7. The van der Waals surface area contributed by atoms with E-state index in [9.17, 15) is 13.2 Å². The summed E-state index contributed by atoms with van der Waals surface area (Å²) in [5.41, 5.74) is 0.360. The molecule has 0 unspecified atom stereocenters. The van der Waals surface area contributed by atoms with Crippen LogP contribution in [0, 0.1) is 5.41 Å². The number of hydrogen-bond donors (Lipinski definition) is 1. The van der Waals surface area contributed by atoms with Gasteiger partial charge in [0.25, 0.3) is 0 Å². The standard InChI is InChI=1S/C13H14F3NO/c1-9(17-18)12(5-6-12)8-10-3-2-4-11(7-10)13(14,15)16/h2-4,7,18H,5-6,8H2,1H3/b17-9+. The number of benzene rings is 1. The second-order valence-electron chi connectivity index (χ2n) is 4.84. The van der Waals surface area contributed by atoms with Crippen LogP contribution in [0.15, 0.2) is 29.4 Å². The van der Waals surface area contributed by atoms with Crippen molar-refractivity contribution in [3.63, 3.8) is 0 Å². The van der Waals surface area contributed by atoms with E-state index in [4.69, 9.17) is 5.21 Å². The fourth-order valence-electron chi connectivity index (χ4n) is 2.17. The molecule has 1 aliphatic carbocycles. The molecule has 0 aliphatic heterocycles. The summed E-state index contributed by atoms with van der Waals surface area (Å²) in [4.78, 5) is 0. The van der Waals surface area contributed by atoms with Gasteiger partial charge in [-0.25, -0.2) is 0 Å². The van der Waals surface area contributed by atoms with Crippen LogP contribution in [-0.2, 0) is 12.6 Å². The van der Waals surface area contributed by atoms with Crippen LogP contribution in [-0.4, -0.2) is 10.9 Å². The van der Waals surface area contributed by atoms with Crippen molar-refractivity contribution in [2.75, 3.05) is 0 Å². The third kappa shape index (κ3) is 2.49. The molecule has 0 aromatic heterocycles. The van der Waals surface area contributed by atoms with Crippen LogP contribution in [0.1, 0.15) is 30.9 Å². The summed E-state index contributed by atoms with van der Waals surface area (Å²) >= 11 is 0. The van der Waals surface area contributed by atoms with Crippen molar-refractivity contribution in [2.24, 2.45) is 10.6 Å². The van der Waals surface area contributed by atoms with Gasteiger partial charge in [0.1, 0.15) is 0 Å². The quantitative estimate of drug-likeness (QED) is 0.497. The van der Waals surface area contributed by atoms with E-state index in [0.29, 0.717) is 17.7 Å². The van der Waals surface area contributed by atoms with Gasteiger partial charge in [0, 0.05) is 5.41 Å². The average Bonchev–Trinajstić information content (AvgIpc) is 3.08. The highest BCUT2D eigenvalue weighted by atomic mass is 19.4. The third-order valence-electron chi connectivity index (χ3n) is 3.57. The molecule has 18 heavy (non-hydrogen) atoms. The Balaban J connectivity index is 2.21. The zero-order valence-electron chi connectivity index (χ0n) is 9.96. The molecular weight excluding hydrogens is 243 g/mol. The lowest BCUT2D eigenvalue weighted by Gasteiger charge is -2.15. The smallest absolute Gasteiger partial charge is 0.411 e. The molecule has 0 radical (unpaired) electrons. The highest BCUT2D eigenvalue weighted by Gasteiger charge is 2.46. The molecule has 0 amide bonds. The zero-order valence-corrected chi connectivity index (χ0v) is 9.96. The molecule has 1 aliphatic rings. The molecule has 0 saturated heterocycles. The Hall–Kier alpha value is -1.52. The van der Waals surface area contributed by atoms with E-state index >= 15 is 0 Å². The van der Waals surface area contributed by atoms with Crippen LogP contribution < -0.4 is 0 Å². The monoisotopic (exact) mass is 257 g/mol. The Labute approximate surface area is 103 Å².